The Balaban J connectivity index is 0.00000261. The zero-order chi connectivity index (χ0) is 18.4. The van der Waals surface area contributed by atoms with E-state index in [1.807, 2.05) is 12.1 Å². The lowest BCUT2D eigenvalue weighted by Crippen LogP contribution is -2.36. The Kier molecular flexibility index (Phi) is 7.78. The van der Waals surface area contributed by atoms with Crippen LogP contribution in [0.5, 0.6) is 0 Å². The number of aliphatic imine (C=N–C) groups is 1. The van der Waals surface area contributed by atoms with E-state index in [1.54, 1.807) is 18.1 Å². The molecule has 1 heterocycles. The maximum Gasteiger partial charge on any atom is 0.191 e. The smallest absolute Gasteiger partial charge is 0.191 e. The molecule has 0 saturated heterocycles. The van der Waals surface area contributed by atoms with Gasteiger partial charge in [0.05, 0.1) is 5.69 Å². The maximum absolute atomic E-state index is 4.30. The highest BCUT2D eigenvalue weighted by atomic mass is 127. The van der Waals surface area contributed by atoms with Gasteiger partial charge in [0.1, 0.15) is 12.7 Å². The highest BCUT2D eigenvalue weighted by Gasteiger charge is 2.03. The minimum absolute atomic E-state index is 0. The summed E-state index contributed by atoms with van der Waals surface area (Å²) < 4.78 is 1.74. The first-order chi connectivity index (χ1) is 12.7. The number of aryl methyl sites for hydroxylation is 2. The molecule has 2 N–H and O–H groups in total. The highest BCUT2D eigenvalue weighted by molar-refractivity contribution is 14.0. The Labute approximate surface area is 177 Å². The average Bonchev–Trinajstić information content (AvgIpc) is 3.18. The molecular formula is C20H25IN6. The molecule has 0 spiro atoms. The number of hydrogen-bond donors (Lipinski definition) is 2. The zero-order valence-corrected chi connectivity index (χ0v) is 18.1. The summed E-state index contributed by atoms with van der Waals surface area (Å²) in [5, 5.41) is 10.8. The fourth-order valence-electron chi connectivity index (χ4n) is 2.74. The van der Waals surface area contributed by atoms with Gasteiger partial charge in [-0.3, -0.25) is 4.99 Å². The van der Waals surface area contributed by atoms with Crippen molar-refractivity contribution in [3.63, 3.8) is 0 Å². The van der Waals surface area contributed by atoms with Crippen LogP contribution in [0.1, 0.15) is 22.3 Å². The van der Waals surface area contributed by atoms with Gasteiger partial charge in [0.25, 0.3) is 0 Å². The summed E-state index contributed by atoms with van der Waals surface area (Å²) in [7, 11) is 1.78. The number of rotatable bonds is 5. The molecule has 0 amide bonds. The molecule has 142 valence electrons. The van der Waals surface area contributed by atoms with Crippen LogP contribution < -0.4 is 10.6 Å². The van der Waals surface area contributed by atoms with E-state index in [1.165, 1.54) is 28.6 Å². The zero-order valence-electron chi connectivity index (χ0n) is 15.8. The van der Waals surface area contributed by atoms with E-state index in [9.17, 15) is 0 Å². The third kappa shape index (κ3) is 5.78. The predicted octanol–water partition coefficient (Wildman–Crippen LogP) is 3.37. The van der Waals surface area contributed by atoms with E-state index in [4.69, 9.17) is 0 Å². The first-order valence-electron chi connectivity index (χ1n) is 8.60. The lowest BCUT2D eigenvalue weighted by molar-refractivity contribution is 0.805. The monoisotopic (exact) mass is 476 g/mol. The summed E-state index contributed by atoms with van der Waals surface area (Å²) in [6.07, 6.45) is 3.22. The molecule has 3 aromatic rings. The number of guanidine groups is 1. The van der Waals surface area contributed by atoms with E-state index in [0.717, 1.165) is 18.2 Å². The molecule has 0 unspecified atom stereocenters. The summed E-state index contributed by atoms with van der Waals surface area (Å²) >= 11 is 0. The second kappa shape index (κ2) is 10.1. The van der Waals surface area contributed by atoms with Gasteiger partial charge in [0, 0.05) is 20.1 Å². The van der Waals surface area contributed by atoms with Gasteiger partial charge < -0.3 is 10.6 Å². The van der Waals surface area contributed by atoms with Crippen LogP contribution in [0.4, 0.5) is 0 Å². The number of hydrogen-bond acceptors (Lipinski definition) is 3. The van der Waals surface area contributed by atoms with Gasteiger partial charge in [-0.05, 0) is 42.7 Å². The first kappa shape index (κ1) is 20.9. The average molecular weight is 476 g/mol. The largest absolute Gasteiger partial charge is 0.352 e. The lowest BCUT2D eigenvalue weighted by Gasteiger charge is -2.14. The molecule has 0 aliphatic carbocycles. The molecule has 2 aromatic carbocycles. The van der Waals surface area contributed by atoms with Gasteiger partial charge in [-0.25, -0.2) is 9.67 Å². The van der Waals surface area contributed by atoms with Gasteiger partial charge in [-0.2, -0.15) is 5.10 Å². The van der Waals surface area contributed by atoms with Crippen LogP contribution in [0.3, 0.4) is 0 Å². The summed E-state index contributed by atoms with van der Waals surface area (Å²) in [6, 6.07) is 14.7. The van der Waals surface area contributed by atoms with Crippen LogP contribution in [-0.4, -0.2) is 27.8 Å². The van der Waals surface area contributed by atoms with Crippen molar-refractivity contribution < 1.29 is 0 Å². The molecule has 6 nitrogen and oxygen atoms in total. The number of benzene rings is 2. The first-order valence-corrected chi connectivity index (χ1v) is 8.60. The van der Waals surface area contributed by atoms with E-state index in [0.29, 0.717) is 6.54 Å². The van der Waals surface area contributed by atoms with Gasteiger partial charge in [-0.1, -0.05) is 35.9 Å². The summed E-state index contributed by atoms with van der Waals surface area (Å²) in [6.45, 7) is 5.69. The molecule has 0 bridgehead atoms. The van der Waals surface area contributed by atoms with E-state index in [2.05, 4.69) is 69.9 Å². The fraction of sp³-hybridized carbons (Fsp3) is 0.250. The Morgan fingerprint density at radius 3 is 2.41 bits per heavy atom. The summed E-state index contributed by atoms with van der Waals surface area (Å²) in [5.74, 6) is 0.783. The number of nitrogens with zero attached hydrogens (tertiary/aromatic N) is 4. The third-order valence-corrected chi connectivity index (χ3v) is 4.25. The molecular weight excluding hydrogens is 451 g/mol. The van der Waals surface area contributed by atoms with Crippen molar-refractivity contribution in [2.45, 2.75) is 26.9 Å². The standard InChI is InChI=1S/C20H24N6.HI/c1-15-4-7-18(16(2)10-15)12-24-20(21-3)23-11-17-5-8-19(9-6-17)26-14-22-13-25-26;/h4-10,13-14H,11-12H2,1-3H3,(H2,21,23,24);1H. The molecule has 0 aliphatic heterocycles. The molecule has 27 heavy (non-hydrogen) atoms. The Bertz CT molecular complexity index is 872. The molecule has 7 heteroatoms. The molecule has 0 saturated carbocycles. The van der Waals surface area contributed by atoms with Crippen molar-refractivity contribution in [2.24, 2.45) is 4.99 Å². The van der Waals surface area contributed by atoms with Crippen LogP contribution >= 0.6 is 24.0 Å². The normalized spacial score (nSPS) is 11.0. The van der Waals surface area contributed by atoms with Crippen molar-refractivity contribution in [1.29, 1.82) is 0 Å². The second-order valence-corrected chi connectivity index (χ2v) is 6.22. The van der Waals surface area contributed by atoms with Gasteiger partial charge >= 0.3 is 0 Å². The third-order valence-electron chi connectivity index (χ3n) is 4.25. The van der Waals surface area contributed by atoms with Gasteiger partial charge in [-0.15, -0.1) is 24.0 Å². The molecule has 0 atom stereocenters. The van der Waals surface area contributed by atoms with E-state index >= 15 is 0 Å². The maximum atomic E-state index is 4.30. The Morgan fingerprint density at radius 1 is 1.04 bits per heavy atom. The number of nitrogens with one attached hydrogen (secondary N) is 2. The van der Waals surface area contributed by atoms with Crippen LogP contribution in [0, 0.1) is 13.8 Å². The lowest BCUT2D eigenvalue weighted by atomic mass is 10.1. The minimum atomic E-state index is 0. The molecule has 3 rings (SSSR count). The van der Waals surface area contributed by atoms with Crippen LogP contribution in [0.15, 0.2) is 60.1 Å². The SMILES string of the molecule is CN=C(NCc1ccc(-n2cncn2)cc1)NCc1ccc(C)cc1C.I. The van der Waals surface area contributed by atoms with Crippen molar-refractivity contribution >= 4 is 29.9 Å². The predicted molar refractivity (Wildman–Crippen MR) is 120 cm³/mol. The van der Waals surface area contributed by atoms with Crippen molar-refractivity contribution in [3.8, 4) is 5.69 Å². The van der Waals surface area contributed by atoms with Crippen LogP contribution in [0.2, 0.25) is 0 Å². The Hall–Kier alpha value is -2.42. The quantitative estimate of drug-likeness (QED) is 0.337. The Morgan fingerprint density at radius 2 is 1.78 bits per heavy atom. The molecule has 1 aromatic heterocycles. The topological polar surface area (TPSA) is 67.1 Å². The summed E-state index contributed by atoms with van der Waals surface area (Å²) in [4.78, 5) is 8.26. The molecule has 0 aliphatic rings. The second-order valence-electron chi connectivity index (χ2n) is 6.22. The van der Waals surface area contributed by atoms with Crippen LogP contribution in [-0.2, 0) is 13.1 Å². The number of aromatic nitrogens is 3. The van der Waals surface area contributed by atoms with Crippen molar-refractivity contribution in [3.05, 3.63) is 77.4 Å². The fourth-order valence-corrected chi connectivity index (χ4v) is 2.74. The molecule has 0 radical (unpaired) electrons. The highest BCUT2D eigenvalue weighted by Crippen LogP contribution is 2.10. The van der Waals surface area contributed by atoms with Gasteiger partial charge in [0.2, 0.25) is 0 Å². The minimum Gasteiger partial charge on any atom is -0.352 e. The summed E-state index contributed by atoms with van der Waals surface area (Å²) in [5.41, 5.74) is 6.00. The van der Waals surface area contributed by atoms with Gasteiger partial charge in [0.15, 0.2) is 5.96 Å². The van der Waals surface area contributed by atoms with E-state index < -0.39 is 0 Å². The van der Waals surface area contributed by atoms with Crippen molar-refractivity contribution in [1.82, 2.24) is 25.4 Å². The van der Waals surface area contributed by atoms with E-state index in [-0.39, 0.29) is 24.0 Å². The van der Waals surface area contributed by atoms with Crippen LogP contribution in [0.25, 0.3) is 5.69 Å². The number of halogens is 1. The van der Waals surface area contributed by atoms with Crippen molar-refractivity contribution in [2.75, 3.05) is 7.05 Å². The molecule has 0 fully saturated rings.